The van der Waals surface area contributed by atoms with Crippen LogP contribution >= 0.6 is 0 Å². The van der Waals surface area contributed by atoms with Gasteiger partial charge in [0.15, 0.2) is 11.5 Å². The Bertz CT molecular complexity index is 1240. The number of carboxylic acid groups (broad SMARTS) is 1. The summed E-state index contributed by atoms with van der Waals surface area (Å²) in [6.07, 6.45) is -0.0631. The summed E-state index contributed by atoms with van der Waals surface area (Å²) < 4.78 is 11.5. The van der Waals surface area contributed by atoms with Crippen molar-refractivity contribution in [2.45, 2.75) is 26.9 Å². The molecule has 3 aromatic carbocycles. The second kappa shape index (κ2) is 8.56. The van der Waals surface area contributed by atoms with Gasteiger partial charge in [-0.2, -0.15) is 0 Å². The van der Waals surface area contributed by atoms with Crippen LogP contribution in [0.25, 0.3) is 22.2 Å². The van der Waals surface area contributed by atoms with Crippen molar-refractivity contribution >= 4 is 16.9 Å². The van der Waals surface area contributed by atoms with Crippen molar-refractivity contribution in [2.75, 3.05) is 7.11 Å². The summed E-state index contributed by atoms with van der Waals surface area (Å²) in [7, 11) is 1.60. The molecule has 0 saturated heterocycles. The number of carbonyl (C=O) groups is 1. The number of aromatic amines is 1. The molecule has 0 amide bonds. The average Bonchev–Trinajstić information content (AvgIpc) is 3.13. The Morgan fingerprint density at radius 1 is 1.00 bits per heavy atom. The molecule has 0 radical (unpaired) electrons. The van der Waals surface area contributed by atoms with Gasteiger partial charge >= 0.3 is 5.97 Å². The zero-order chi connectivity index (χ0) is 22.0. The van der Waals surface area contributed by atoms with Crippen molar-refractivity contribution in [3.8, 4) is 22.8 Å². The number of aryl methyl sites for hydroxylation is 2. The van der Waals surface area contributed by atoms with Gasteiger partial charge in [0.05, 0.1) is 19.2 Å². The number of carboxylic acids is 1. The molecule has 4 rings (SSSR count). The van der Waals surface area contributed by atoms with Crippen LogP contribution in [0.3, 0.4) is 0 Å². The molecule has 0 aliphatic carbocycles. The highest BCUT2D eigenvalue weighted by Crippen LogP contribution is 2.37. The topological polar surface area (TPSA) is 71.6 Å². The number of ether oxygens (including phenoxy) is 2. The number of H-pyrrole nitrogens is 1. The summed E-state index contributed by atoms with van der Waals surface area (Å²) in [6, 6.07) is 19.6. The van der Waals surface area contributed by atoms with E-state index in [1.807, 2.05) is 74.5 Å². The monoisotopic (exact) mass is 415 g/mol. The smallest absolute Gasteiger partial charge is 0.307 e. The van der Waals surface area contributed by atoms with Gasteiger partial charge in [0.25, 0.3) is 0 Å². The highest BCUT2D eigenvalue weighted by atomic mass is 16.5. The quantitative estimate of drug-likeness (QED) is 0.408. The van der Waals surface area contributed by atoms with Crippen LogP contribution in [0.1, 0.15) is 22.3 Å². The van der Waals surface area contributed by atoms with Crippen LogP contribution in [0.5, 0.6) is 11.5 Å². The fourth-order valence-corrected chi connectivity index (χ4v) is 3.82. The molecule has 2 N–H and O–H groups in total. The Balaban J connectivity index is 1.75. The van der Waals surface area contributed by atoms with Gasteiger partial charge in [-0.05, 0) is 54.3 Å². The molecular formula is C26H25NO4. The van der Waals surface area contributed by atoms with Gasteiger partial charge in [0.2, 0.25) is 0 Å². The molecule has 0 spiro atoms. The molecule has 0 aliphatic heterocycles. The van der Waals surface area contributed by atoms with Crippen molar-refractivity contribution < 1.29 is 19.4 Å². The van der Waals surface area contributed by atoms with E-state index < -0.39 is 5.97 Å². The van der Waals surface area contributed by atoms with E-state index in [0.29, 0.717) is 18.1 Å². The standard InChI is InChI=1S/C26H25NO4/c1-16-9-11-20-21(14-24(28)29)26(27-25(20)17(16)2)19-10-12-22(23(13-19)30-3)31-15-18-7-5-4-6-8-18/h4-13,27H,14-15H2,1-3H3,(H,28,29). The Labute approximate surface area is 181 Å². The number of hydrogen-bond acceptors (Lipinski definition) is 3. The molecule has 1 heterocycles. The number of hydrogen-bond donors (Lipinski definition) is 2. The van der Waals surface area contributed by atoms with Gasteiger partial charge < -0.3 is 19.6 Å². The van der Waals surface area contributed by atoms with Crippen LogP contribution in [0.2, 0.25) is 0 Å². The molecule has 5 nitrogen and oxygen atoms in total. The minimum Gasteiger partial charge on any atom is -0.493 e. The Kier molecular flexibility index (Phi) is 5.67. The number of benzene rings is 3. The van der Waals surface area contributed by atoms with Gasteiger partial charge in [-0.25, -0.2) is 0 Å². The molecule has 0 saturated carbocycles. The first-order valence-corrected chi connectivity index (χ1v) is 10.2. The molecule has 0 aliphatic rings. The van der Waals surface area contributed by atoms with Crippen LogP contribution < -0.4 is 9.47 Å². The minimum atomic E-state index is -0.866. The third-order valence-corrected chi connectivity index (χ3v) is 5.63. The number of aliphatic carboxylic acids is 1. The molecular weight excluding hydrogens is 390 g/mol. The number of aromatic nitrogens is 1. The molecule has 4 aromatic rings. The molecule has 0 bridgehead atoms. The summed E-state index contributed by atoms with van der Waals surface area (Å²) in [5.74, 6) is 0.370. The molecule has 1 aromatic heterocycles. The Hall–Kier alpha value is -3.73. The van der Waals surface area contributed by atoms with E-state index in [1.165, 1.54) is 0 Å². The third-order valence-electron chi connectivity index (χ3n) is 5.63. The maximum absolute atomic E-state index is 11.6. The maximum atomic E-state index is 11.6. The summed E-state index contributed by atoms with van der Waals surface area (Å²) >= 11 is 0. The lowest BCUT2D eigenvalue weighted by molar-refractivity contribution is -0.136. The Morgan fingerprint density at radius 2 is 1.77 bits per heavy atom. The van der Waals surface area contributed by atoms with E-state index in [-0.39, 0.29) is 6.42 Å². The predicted molar refractivity (Wildman–Crippen MR) is 122 cm³/mol. The van der Waals surface area contributed by atoms with Crippen LogP contribution in [0.15, 0.2) is 60.7 Å². The Morgan fingerprint density at radius 3 is 2.48 bits per heavy atom. The van der Waals surface area contributed by atoms with Crippen molar-refractivity contribution in [3.05, 3.63) is 82.9 Å². The molecule has 31 heavy (non-hydrogen) atoms. The van der Waals surface area contributed by atoms with Crippen LogP contribution in [0.4, 0.5) is 0 Å². The van der Waals surface area contributed by atoms with E-state index in [0.717, 1.165) is 44.4 Å². The number of rotatable bonds is 7. The number of methoxy groups -OCH3 is 1. The zero-order valence-corrected chi connectivity index (χ0v) is 17.9. The molecule has 158 valence electrons. The second-order valence-corrected chi connectivity index (χ2v) is 7.62. The SMILES string of the molecule is COc1cc(-c2[nH]c3c(C)c(C)ccc3c2CC(=O)O)ccc1OCc1ccccc1. The van der Waals surface area contributed by atoms with Gasteiger partial charge in [0.1, 0.15) is 6.61 Å². The fraction of sp³-hybridized carbons (Fsp3) is 0.192. The molecule has 0 unspecified atom stereocenters. The van der Waals surface area contributed by atoms with Crippen molar-refractivity contribution in [3.63, 3.8) is 0 Å². The van der Waals surface area contributed by atoms with Gasteiger partial charge in [0, 0.05) is 16.5 Å². The normalized spacial score (nSPS) is 10.9. The first-order valence-electron chi connectivity index (χ1n) is 10.2. The third kappa shape index (κ3) is 4.12. The van der Waals surface area contributed by atoms with Gasteiger partial charge in [-0.3, -0.25) is 4.79 Å². The van der Waals surface area contributed by atoms with E-state index >= 15 is 0 Å². The van der Waals surface area contributed by atoms with Crippen molar-refractivity contribution in [1.29, 1.82) is 0 Å². The van der Waals surface area contributed by atoms with Crippen molar-refractivity contribution in [2.24, 2.45) is 0 Å². The average molecular weight is 415 g/mol. The highest BCUT2D eigenvalue weighted by molar-refractivity contribution is 5.96. The van der Waals surface area contributed by atoms with Gasteiger partial charge in [-0.1, -0.05) is 42.5 Å². The van der Waals surface area contributed by atoms with Crippen molar-refractivity contribution in [1.82, 2.24) is 4.98 Å². The summed E-state index contributed by atoms with van der Waals surface area (Å²) in [5, 5.41) is 10.4. The lowest BCUT2D eigenvalue weighted by Gasteiger charge is -2.13. The first kappa shape index (κ1) is 20.5. The molecule has 0 fully saturated rings. The van der Waals surface area contributed by atoms with Crippen LogP contribution in [-0.2, 0) is 17.8 Å². The zero-order valence-electron chi connectivity index (χ0n) is 17.9. The van der Waals surface area contributed by atoms with Crippen LogP contribution in [0, 0.1) is 13.8 Å². The first-order chi connectivity index (χ1) is 15.0. The molecule has 5 heteroatoms. The van der Waals surface area contributed by atoms with E-state index in [4.69, 9.17) is 9.47 Å². The van der Waals surface area contributed by atoms with E-state index in [9.17, 15) is 9.90 Å². The maximum Gasteiger partial charge on any atom is 0.307 e. The van der Waals surface area contributed by atoms with Crippen LogP contribution in [-0.4, -0.2) is 23.2 Å². The molecule has 0 atom stereocenters. The largest absolute Gasteiger partial charge is 0.493 e. The summed E-state index contributed by atoms with van der Waals surface area (Å²) in [6.45, 7) is 4.53. The predicted octanol–water partition coefficient (Wildman–Crippen LogP) is 5.67. The lowest BCUT2D eigenvalue weighted by Crippen LogP contribution is -2.01. The summed E-state index contributed by atoms with van der Waals surface area (Å²) in [4.78, 5) is 15.0. The fourth-order valence-electron chi connectivity index (χ4n) is 3.82. The van der Waals surface area contributed by atoms with E-state index in [1.54, 1.807) is 7.11 Å². The van der Waals surface area contributed by atoms with E-state index in [2.05, 4.69) is 4.98 Å². The van der Waals surface area contributed by atoms with Gasteiger partial charge in [-0.15, -0.1) is 0 Å². The number of fused-ring (bicyclic) bond motifs is 1. The minimum absolute atomic E-state index is 0.0631. The highest BCUT2D eigenvalue weighted by Gasteiger charge is 2.19. The second-order valence-electron chi connectivity index (χ2n) is 7.62. The number of nitrogens with one attached hydrogen (secondary N) is 1. The summed E-state index contributed by atoms with van der Waals surface area (Å²) in [5.41, 5.74) is 6.72. The lowest BCUT2D eigenvalue weighted by atomic mass is 10.00.